The third-order valence-electron chi connectivity index (χ3n) is 9.00. The summed E-state index contributed by atoms with van der Waals surface area (Å²) in [5.74, 6) is 0.611. The smallest absolute Gasteiger partial charge is 0.318 e. The Balaban J connectivity index is 1.10. The van der Waals surface area contributed by atoms with E-state index in [1.54, 1.807) is 0 Å². The molecule has 1 N–H and O–H groups in total. The fourth-order valence-electron chi connectivity index (χ4n) is 6.77. The summed E-state index contributed by atoms with van der Waals surface area (Å²) in [7, 11) is 0. The summed E-state index contributed by atoms with van der Waals surface area (Å²) >= 11 is 0. The molecule has 2 amide bonds. The molecule has 4 aromatic rings. The van der Waals surface area contributed by atoms with Crippen LogP contribution in [0.3, 0.4) is 0 Å². The zero-order valence-electron chi connectivity index (χ0n) is 24.4. The molecule has 2 fully saturated rings. The molecule has 5 nitrogen and oxygen atoms in total. The molecule has 1 unspecified atom stereocenters. The predicted molar refractivity (Wildman–Crippen MR) is 170 cm³/mol. The fraction of sp³-hybridized carbons (Fsp3) is 0.324. The van der Waals surface area contributed by atoms with Gasteiger partial charge in [-0.25, -0.2) is 4.79 Å². The summed E-state index contributed by atoms with van der Waals surface area (Å²) < 4.78 is 0. The molecular formula is C37H42N4O. The largest absolute Gasteiger partial charge is 0.327 e. The highest BCUT2D eigenvalue weighted by atomic mass is 16.2. The van der Waals surface area contributed by atoms with Gasteiger partial charge < -0.3 is 10.2 Å². The van der Waals surface area contributed by atoms with Crippen molar-refractivity contribution in [1.82, 2.24) is 20.0 Å². The van der Waals surface area contributed by atoms with Crippen LogP contribution in [0.25, 0.3) is 0 Å². The van der Waals surface area contributed by atoms with Crippen LogP contribution in [0.1, 0.15) is 47.2 Å². The van der Waals surface area contributed by atoms with Gasteiger partial charge in [0, 0.05) is 38.8 Å². The number of carbonyl (C=O) groups is 1. The number of nitrogens with zero attached hydrogens (tertiary/aromatic N) is 3. The van der Waals surface area contributed by atoms with E-state index >= 15 is 0 Å². The maximum Gasteiger partial charge on any atom is 0.318 e. The van der Waals surface area contributed by atoms with Crippen molar-refractivity contribution in [2.24, 2.45) is 5.92 Å². The number of nitrogens with one attached hydrogen (secondary N) is 1. The number of amides is 2. The van der Waals surface area contributed by atoms with Gasteiger partial charge >= 0.3 is 6.03 Å². The van der Waals surface area contributed by atoms with Crippen LogP contribution in [0.4, 0.5) is 4.79 Å². The molecule has 6 rings (SSSR count). The predicted octanol–water partition coefficient (Wildman–Crippen LogP) is 6.76. The number of likely N-dealkylation sites (tertiary alicyclic amines) is 1. The van der Waals surface area contributed by atoms with Crippen molar-refractivity contribution < 1.29 is 4.79 Å². The molecule has 216 valence electrons. The lowest BCUT2D eigenvalue weighted by Crippen LogP contribution is -2.54. The van der Waals surface area contributed by atoms with E-state index < -0.39 is 0 Å². The number of hydrogen-bond acceptors (Lipinski definition) is 3. The second-order valence-corrected chi connectivity index (χ2v) is 11.7. The Hall–Kier alpha value is -3.93. The van der Waals surface area contributed by atoms with Gasteiger partial charge in [0.05, 0.1) is 6.04 Å². The summed E-state index contributed by atoms with van der Waals surface area (Å²) in [5, 5.41) is 3.35. The number of carbonyl (C=O) groups excluding carboxylic acids is 1. The lowest BCUT2D eigenvalue weighted by atomic mass is 9.84. The van der Waals surface area contributed by atoms with E-state index in [-0.39, 0.29) is 12.1 Å². The van der Waals surface area contributed by atoms with Gasteiger partial charge in [0.1, 0.15) is 0 Å². The third kappa shape index (κ3) is 6.92. The van der Waals surface area contributed by atoms with E-state index in [0.717, 1.165) is 56.9 Å². The third-order valence-corrected chi connectivity index (χ3v) is 9.00. The second kappa shape index (κ2) is 13.8. The second-order valence-electron chi connectivity index (χ2n) is 11.7. The zero-order valence-corrected chi connectivity index (χ0v) is 24.4. The monoisotopic (exact) mass is 558 g/mol. The van der Waals surface area contributed by atoms with Crippen molar-refractivity contribution in [1.29, 1.82) is 0 Å². The molecular weight excluding hydrogens is 516 g/mol. The molecule has 0 radical (unpaired) electrons. The van der Waals surface area contributed by atoms with E-state index in [1.165, 1.54) is 24.0 Å². The Morgan fingerprint density at radius 1 is 0.619 bits per heavy atom. The van der Waals surface area contributed by atoms with Crippen LogP contribution in [-0.2, 0) is 6.54 Å². The van der Waals surface area contributed by atoms with Gasteiger partial charge in [0.15, 0.2) is 0 Å². The fourth-order valence-corrected chi connectivity index (χ4v) is 6.77. The molecule has 0 bridgehead atoms. The van der Waals surface area contributed by atoms with Gasteiger partial charge in [-0.3, -0.25) is 9.80 Å². The van der Waals surface area contributed by atoms with Crippen LogP contribution >= 0.6 is 0 Å². The molecule has 1 atom stereocenters. The van der Waals surface area contributed by atoms with Crippen LogP contribution in [0, 0.1) is 5.92 Å². The van der Waals surface area contributed by atoms with Crippen LogP contribution < -0.4 is 5.32 Å². The topological polar surface area (TPSA) is 38.8 Å². The minimum Gasteiger partial charge on any atom is -0.327 e. The molecule has 0 saturated carbocycles. The van der Waals surface area contributed by atoms with E-state index in [0.29, 0.717) is 12.0 Å². The summed E-state index contributed by atoms with van der Waals surface area (Å²) in [6, 6.07) is 42.6. The van der Waals surface area contributed by atoms with Gasteiger partial charge in [0.25, 0.3) is 0 Å². The minimum atomic E-state index is -0.170. The van der Waals surface area contributed by atoms with Gasteiger partial charge in [-0.05, 0) is 54.1 Å². The molecule has 2 saturated heterocycles. The van der Waals surface area contributed by atoms with Crippen molar-refractivity contribution in [3.8, 4) is 0 Å². The van der Waals surface area contributed by atoms with Crippen LogP contribution in [0.15, 0.2) is 121 Å². The average Bonchev–Trinajstić information content (AvgIpc) is 3.06. The molecule has 0 spiro atoms. The van der Waals surface area contributed by atoms with Crippen molar-refractivity contribution >= 4 is 6.03 Å². The van der Waals surface area contributed by atoms with Crippen LogP contribution in [-0.4, -0.2) is 60.0 Å². The van der Waals surface area contributed by atoms with Crippen molar-refractivity contribution in [2.75, 3.05) is 39.3 Å². The van der Waals surface area contributed by atoms with Crippen molar-refractivity contribution in [3.63, 3.8) is 0 Å². The molecule has 2 heterocycles. The Kier molecular flexibility index (Phi) is 9.28. The molecule has 0 aromatic heterocycles. The van der Waals surface area contributed by atoms with E-state index in [2.05, 4.69) is 100 Å². The van der Waals surface area contributed by atoms with Gasteiger partial charge in [-0.15, -0.1) is 0 Å². The number of rotatable bonds is 8. The normalized spacial score (nSPS) is 17.7. The van der Waals surface area contributed by atoms with E-state index in [9.17, 15) is 4.79 Å². The summed E-state index contributed by atoms with van der Waals surface area (Å²) in [6.07, 6.45) is 2.39. The number of piperidine rings is 1. The average molecular weight is 559 g/mol. The van der Waals surface area contributed by atoms with Crippen molar-refractivity contribution in [2.45, 2.75) is 31.5 Å². The lowest BCUT2D eigenvalue weighted by molar-refractivity contribution is 0.0519. The van der Waals surface area contributed by atoms with Gasteiger partial charge in [0.2, 0.25) is 0 Å². The van der Waals surface area contributed by atoms with Crippen LogP contribution in [0.5, 0.6) is 0 Å². The highest BCUT2D eigenvalue weighted by molar-refractivity contribution is 5.75. The molecule has 42 heavy (non-hydrogen) atoms. The zero-order chi connectivity index (χ0) is 28.6. The SMILES string of the molecule is O=C(NC(c1ccccc1)c1ccccc1)N1CCN(C(c2ccccc2)C2CCN(Cc3ccccc3)CC2)CC1. The first-order valence-corrected chi connectivity index (χ1v) is 15.5. The first kappa shape index (κ1) is 28.2. The first-order chi connectivity index (χ1) is 20.7. The molecule has 2 aliphatic heterocycles. The van der Waals surface area contributed by atoms with Gasteiger partial charge in [-0.2, -0.15) is 0 Å². The maximum atomic E-state index is 13.6. The highest BCUT2D eigenvalue weighted by Gasteiger charge is 2.34. The van der Waals surface area contributed by atoms with E-state index in [4.69, 9.17) is 0 Å². The lowest BCUT2D eigenvalue weighted by Gasteiger charge is -2.45. The highest BCUT2D eigenvalue weighted by Crippen LogP contribution is 2.36. The van der Waals surface area contributed by atoms with Crippen LogP contribution in [0.2, 0.25) is 0 Å². The molecule has 0 aliphatic carbocycles. The number of piperazine rings is 1. The van der Waals surface area contributed by atoms with Gasteiger partial charge in [-0.1, -0.05) is 121 Å². The Morgan fingerprint density at radius 2 is 1.10 bits per heavy atom. The number of benzene rings is 4. The Labute approximate surface area is 250 Å². The molecule has 4 aromatic carbocycles. The number of urea groups is 1. The summed E-state index contributed by atoms with van der Waals surface area (Å²) in [6.45, 7) is 6.54. The first-order valence-electron chi connectivity index (χ1n) is 15.5. The summed E-state index contributed by atoms with van der Waals surface area (Å²) in [4.78, 5) is 20.8. The van der Waals surface area contributed by atoms with E-state index in [1.807, 2.05) is 41.3 Å². The molecule has 5 heteroatoms. The summed E-state index contributed by atoms with van der Waals surface area (Å²) in [5.41, 5.74) is 4.99. The molecule has 2 aliphatic rings. The van der Waals surface area contributed by atoms with Crippen molar-refractivity contribution in [3.05, 3.63) is 144 Å². The quantitative estimate of drug-likeness (QED) is 0.260. The number of hydrogen-bond donors (Lipinski definition) is 1. The Bertz CT molecular complexity index is 1330. The maximum absolute atomic E-state index is 13.6. The standard InChI is InChI=1S/C37H42N4O/c42-37(38-35(31-15-7-2-8-16-31)32-17-9-3-10-18-32)41-27-25-40(26-28-41)36(33-19-11-4-12-20-33)34-21-23-39(24-22-34)29-30-13-5-1-6-14-30/h1-20,34-36H,21-29H2,(H,38,42). The Morgan fingerprint density at radius 3 is 1.62 bits per heavy atom. The minimum absolute atomic E-state index is 0.0119.